The molecule has 3 fully saturated rings. The topological polar surface area (TPSA) is 132 Å². The number of piperidine rings is 3. The van der Waals surface area contributed by atoms with E-state index < -0.39 is 0 Å². The largest absolute Gasteiger partial charge is 0.506 e. The summed E-state index contributed by atoms with van der Waals surface area (Å²) in [4.78, 5) is 56.5. The summed E-state index contributed by atoms with van der Waals surface area (Å²) in [5.74, 6) is 1.53. The standard InChI is InChI=1S/C24H34Br2N2O4.C16H21N3O3/c1-3-32-22(29)15-27-8-4-18(5-9-27)19-6-10-28(11-7-19)24(31)16(2)12-17-13-20(25)23(30)21(26)14-17;1-22-16(21)18-9-7-13(8-10-18)19-11-6-12-4-2-3-5-14(12)17-15(19)20/h13-14,16,18-19,30H,3-12,15H2,1-2H3;2-5,13H,6-11H2,1H3,(H,17,20)/t16-;/m1./s1. The Labute approximate surface area is 336 Å². The van der Waals surface area contributed by atoms with Crippen LogP contribution in [0.4, 0.5) is 15.3 Å². The zero-order valence-corrected chi connectivity index (χ0v) is 34.9. The monoisotopic (exact) mass is 875 g/mol. The Morgan fingerprint density at radius 2 is 1.48 bits per heavy atom. The molecule has 0 saturated carbocycles. The van der Waals surface area contributed by atoms with Crippen LogP contribution >= 0.6 is 31.9 Å². The molecule has 0 bridgehead atoms. The second-order valence-corrected chi connectivity index (χ2v) is 16.5. The van der Waals surface area contributed by atoms with Crippen LogP contribution in [0.1, 0.15) is 63.5 Å². The molecule has 2 N–H and O–H groups in total. The Balaban J connectivity index is 0.000000222. The number of urea groups is 1. The SMILES string of the molecule is CCOC(=O)CN1CCC(C2CCN(C(=O)[C@H](C)Cc3cc(Br)c(O)c(Br)c3)CC2)CC1.COC(=O)N1CCC(N2CCc3ccccc3NC2=O)CC1. The van der Waals surface area contributed by atoms with E-state index in [2.05, 4.69) is 48.1 Å². The van der Waals surface area contributed by atoms with Crippen molar-refractivity contribution in [1.29, 1.82) is 0 Å². The molecule has 0 radical (unpaired) electrons. The molecule has 0 aromatic heterocycles. The normalized spacial score (nSPS) is 19.5. The van der Waals surface area contributed by atoms with Crippen LogP contribution in [0.15, 0.2) is 45.3 Å². The number of para-hydroxylation sites is 1. The minimum atomic E-state index is -0.286. The number of rotatable bonds is 8. The Bertz CT molecular complexity index is 1580. The van der Waals surface area contributed by atoms with Crippen molar-refractivity contribution in [2.24, 2.45) is 17.8 Å². The molecule has 0 unspecified atom stereocenters. The highest BCUT2D eigenvalue weighted by Gasteiger charge is 2.33. The number of phenols is 1. The van der Waals surface area contributed by atoms with E-state index in [0.717, 1.165) is 82.4 Å². The van der Waals surface area contributed by atoms with Gasteiger partial charge in [0.25, 0.3) is 0 Å². The number of methoxy groups -OCH3 is 1. The van der Waals surface area contributed by atoms with Crippen molar-refractivity contribution in [1.82, 2.24) is 19.6 Å². The molecule has 54 heavy (non-hydrogen) atoms. The van der Waals surface area contributed by atoms with Crippen molar-refractivity contribution in [3.05, 3.63) is 56.5 Å². The number of amides is 4. The first-order chi connectivity index (χ1) is 26.0. The van der Waals surface area contributed by atoms with Crippen molar-refractivity contribution in [3.8, 4) is 5.75 Å². The molecule has 4 aliphatic heterocycles. The first-order valence-electron chi connectivity index (χ1n) is 19.3. The van der Waals surface area contributed by atoms with Gasteiger partial charge in [0, 0.05) is 50.4 Å². The predicted octanol–water partition coefficient (Wildman–Crippen LogP) is 6.92. The summed E-state index contributed by atoms with van der Waals surface area (Å²) in [7, 11) is 1.40. The molecule has 2 aromatic carbocycles. The Morgan fingerprint density at radius 3 is 2.09 bits per heavy atom. The fourth-order valence-electron chi connectivity index (χ4n) is 8.28. The van der Waals surface area contributed by atoms with Crippen molar-refractivity contribution in [2.45, 2.75) is 71.3 Å². The van der Waals surface area contributed by atoms with Crippen LogP contribution in [0.3, 0.4) is 0 Å². The van der Waals surface area contributed by atoms with Gasteiger partial charge in [-0.05, 0) is 144 Å². The lowest BCUT2D eigenvalue weighted by Crippen LogP contribution is -2.50. The highest BCUT2D eigenvalue weighted by Crippen LogP contribution is 2.35. The minimum absolute atomic E-state index is 0.0403. The smallest absolute Gasteiger partial charge is 0.409 e. The first-order valence-corrected chi connectivity index (χ1v) is 20.9. The summed E-state index contributed by atoms with van der Waals surface area (Å²) in [5.41, 5.74) is 3.10. The molecule has 14 heteroatoms. The van der Waals surface area contributed by atoms with Crippen LogP contribution in [-0.4, -0.2) is 121 Å². The number of carbonyl (C=O) groups excluding carboxylic acids is 4. The molecule has 6 rings (SSSR count). The average molecular weight is 878 g/mol. The fraction of sp³-hybridized carbons (Fsp3) is 0.600. The van der Waals surface area contributed by atoms with Gasteiger partial charge < -0.3 is 34.6 Å². The van der Waals surface area contributed by atoms with Gasteiger partial charge in [-0.3, -0.25) is 14.5 Å². The maximum absolute atomic E-state index is 13.0. The third-order valence-corrected chi connectivity index (χ3v) is 12.5. The van der Waals surface area contributed by atoms with Crippen molar-refractivity contribution < 1.29 is 33.8 Å². The number of carbonyl (C=O) groups is 4. The van der Waals surface area contributed by atoms with Gasteiger partial charge in [-0.15, -0.1) is 0 Å². The van der Waals surface area contributed by atoms with E-state index in [0.29, 0.717) is 60.0 Å². The molecule has 12 nitrogen and oxygen atoms in total. The summed E-state index contributed by atoms with van der Waals surface area (Å²) in [6, 6.07) is 11.8. The quantitative estimate of drug-likeness (QED) is 0.274. The summed E-state index contributed by atoms with van der Waals surface area (Å²) < 4.78 is 11.1. The number of phenolic OH excluding ortho intramolecular Hbond substituents is 1. The van der Waals surface area contributed by atoms with Gasteiger partial charge in [0.2, 0.25) is 5.91 Å². The number of esters is 1. The Hall–Kier alpha value is -3.36. The van der Waals surface area contributed by atoms with Crippen LogP contribution in [0.25, 0.3) is 0 Å². The van der Waals surface area contributed by atoms with E-state index in [-0.39, 0.29) is 41.7 Å². The molecule has 1 atom stereocenters. The number of aromatic hydroxyl groups is 1. The number of hydrogen-bond acceptors (Lipinski definition) is 8. The molecule has 4 aliphatic rings. The molecule has 4 heterocycles. The highest BCUT2D eigenvalue weighted by molar-refractivity contribution is 9.11. The van der Waals surface area contributed by atoms with Crippen molar-refractivity contribution in [2.75, 3.05) is 71.4 Å². The van der Waals surface area contributed by atoms with E-state index in [1.165, 1.54) is 12.7 Å². The number of nitrogens with one attached hydrogen (secondary N) is 1. The number of nitrogens with zero attached hydrogens (tertiary/aromatic N) is 4. The predicted molar refractivity (Wildman–Crippen MR) is 214 cm³/mol. The summed E-state index contributed by atoms with van der Waals surface area (Å²) in [6.07, 6.45) is 7.18. The second-order valence-electron chi connectivity index (χ2n) is 14.8. The first kappa shape index (κ1) is 41.8. The van der Waals surface area contributed by atoms with Crippen LogP contribution in [0.5, 0.6) is 5.75 Å². The third-order valence-electron chi connectivity index (χ3n) is 11.3. The molecular formula is C40H55Br2N5O7. The van der Waals surface area contributed by atoms with E-state index in [9.17, 15) is 24.3 Å². The van der Waals surface area contributed by atoms with Crippen LogP contribution < -0.4 is 5.32 Å². The van der Waals surface area contributed by atoms with Gasteiger partial charge in [0.1, 0.15) is 5.75 Å². The zero-order chi connectivity index (χ0) is 38.8. The lowest BCUT2D eigenvalue weighted by molar-refractivity contribution is -0.144. The van der Waals surface area contributed by atoms with Gasteiger partial charge in [-0.25, -0.2) is 9.59 Å². The molecular weight excluding hydrogens is 822 g/mol. The lowest BCUT2D eigenvalue weighted by atomic mass is 9.78. The summed E-state index contributed by atoms with van der Waals surface area (Å²) >= 11 is 6.73. The number of ether oxygens (including phenoxy) is 2. The molecule has 296 valence electrons. The van der Waals surface area contributed by atoms with Gasteiger partial charge in [-0.2, -0.15) is 0 Å². The van der Waals surface area contributed by atoms with Crippen LogP contribution in [0, 0.1) is 17.8 Å². The molecule has 0 aliphatic carbocycles. The van der Waals surface area contributed by atoms with E-state index in [4.69, 9.17) is 9.47 Å². The maximum atomic E-state index is 13.0. The highest BCUT2D eigenvalue weighted by atomic mass is 79.9. The number of likely N-dealkylation sites (tertiary alicyclic amines) is 3. The van der Waals surface area contributed by atoms with Gasteiger partial charge in [-0.1, -0.05) is 25.1 Å². The zero-order valence-electron chi connectivity index (χ0n) is 31.7. The van der Waals surface area contributed by atoms with Gasteiger partial charge in [0.15, 0.2) is 0 Å². The van der Waals surface area contributed by atoms with Gasteiger partial charge in [0.05, 0.1) is 29.2 Å². The molecule has 0 spiro atoms. The fourth-order valence-corrected chi connectivity index (χ4v) is 9.56. The second kappa shape index (κ2) is 20.0. The van der Waals surface area contributed by atoms with Crippen LogP contribution in [-0.2, 0) is 31.9 Å². The number of benzene rings is 2. The number of halogens is 2. The van der Waals surface area contributed by atoms with Crippen molar-refractivity contribution >= 4 is 61.5 Å². The van der Waals surface area contributed by atoms with E-state index >= 15 is 0 Å². The number of hydrogen-bond donors (Lipinski definition) is 2. The summed E-state index contributed by atoms with van der Waals surface area (Å²) in [5, 5.41) is 12.9. The molecule has 3 saturated heterocycles. The van der Waals surface area contributed by atoms with Crippen molar-refractivity contribution in [3.63, 3.8) is 0 Å². The number of fused-ring (bicyclic) bond motifs is 1. The number of anilines is 1. The molecule has 2 aromatic rings. The third kappa shape index (κ3) is 11.1. The Morgan fingerprint density at radius 1 is 0.889 bits per heavy atom. The lowest BCUT2D eigenvalue weighted by Gasteiger charge is -2.40. The van der Waals surface area contributed by atoms with Gasteiger partial charge >= 0.3 is 18.1 Å². The van der Waals surface area contributed by atoms with E-state index in [1.54, 1.807) is 4.90 Å². The maximum Gasteiger partial charge on any atom is 0.409 e. The van der Waals surface area contributed by atoms with E-state index in [1.807, 2.05) is 54.0 Å². The van der Waals surface area contributed by atoms with Crippen LogP contribution in [0.2, 0.25) is 0 Å². The minimum Gasteiger partial charge on any atom is -0.506 e. The molecule has 4 amide bonds. The Kier molecular flexibility index (Phi) is 15.5. The average Bonchev–Trinajstić information content (AvgIpc) is 3.35. The summed E-state index contributed by atoms with van der Waals surface area (Å²) in [6.45, 7) is 10.2.